The van der Waals surface area contributed by atoms with E-state index in [2.05, 4.69) is 5.32 Å². The molecule has 6 heteroatoms. The third-order valence-electron chi connectivity index (χ3n) is 3.14. The van der Waals surface area contributed by atoms with Gasteiger partial charge in [-0.2, -0.15) is 0 Å². The zero-order valence-corrected chi connectivity index (χ0v) is 10.8. The molecule has 0 heterocycles. The summed E-state index contributed by atoms with van der Waals surface area (Å²) in [4.78, 5) is 11.7. The fourth-order valence-corrected chi connectivity index (χ4v) is 2.00. The Hall–Kier alpha value is -0.750. The van der Waals surface area contributed by atoms with Gasteiger partial charge in [0.1, 0.15) is 6.10 Å². The normalized spacial score (nSPS) is 18.9. The summed E-state index contributed by atoms with van der Waals surface area (Å²) in [5, 5.41) is 2.20. The molecule has 1 amide bonds. The summed E-state index contributed by atoms with van der Waals surface area (Å²) in [5.74, 6) is -3.53. The maximum Gasteiger partial charge on any atom is 0.277 e. The summed E-state index contributed by atoms with van der Waals surface area (Å²) in [6.07, 6.45) is 4.04. The molecule has 0 spiro atoms. The molecule has 0 aliphatic heterocycles. The molecule has 1 atom stereocenters. The van der Waals surface area contributed by atoms with Crippen LogP contribution in [-0.2, 0) is 9.53 Å². The lowest BCUT2D eigenvalue weighted by atomic mass is 10.2. The van der Waals surface area contributed by atoms with Crippen molar-refractivity contribution in [3.8, 4) is 0 Å². The van der Waals surface area contributed by atoms with Gasteiger partial charge in [0.05, 0.1) is 19.2 Å². The summed E-state index contributed by atoms with van der Waals surface area (Å²) in [6, 6.07) is 0. The van der Waals surface area contributed by atoms with Crippen LogP contribution in [0.4, 0.5) is 8.78 Å². The van der Waals surface area contributed by atoms with Crippen LogP contribution in [0.5, 0.6) is 0 Å². The standard InChI is InChI=1S/C12H22F2N2O2/c1-2-10(18-9-5-3-4-6-9)11(17)16-8-12(13,14)7-15/h9-10H,2-8,15H2,1H3,(H,16,17). The maximum atomic E-state index is 12.9. The molecule has 106 valence electrons. The average molecular weight is 264 g/mol. The molecule has 0 aromatic rings. The first-order chi connectivity index (χ1) is 8.48. The van der Waals surface area contributed by atoms with Crippen LogP contribution in [-0.4, -0.2) is 37.1 Å². The largest absolute Gasteiger partial charge is 0.365 e. The zero-order chi connectivity index (χ0) is 13.6. The highest BCUT2D eigenvalue weighted by Gasteiger charge is 2.30. The SMILES string of the molecule is CCC(OC1CCCC1)C(=O)NCC(F)(F)CN. The number of nitrogens with two attached hydrogens (primary N) is 1. The topological polar surface area (TPSA) is 64.3 Å². The molecule has 0 aromatic carbocycles. The van der Waals surface area contributed by atoms with Crippen LogP contribution in [0.25, 0.3) is 0 Å². The summed E-state index contributed by atoms with van der Waals surface area (Å²) >= 11 is 0. The second kappa shape index (κ2) is 6.99. The van der Waals surface area contributed by atoms with Crippen LogP contribution in [0.3, 0.4) is 0 Å². The van der Waals surface area contributed by atoms with Crippen LogP contribution < -0.4 is 11.1 Å². The van der Waals surface area contributed by atoms with Crippen molar-refractivity contribution in [2.24, 2.45) is 5.73 Å². The van der Waals surface area contributed by atoms with Crippen molar-refractivity contribution in [2.75, 3.05) is 13.1 Å². The molecule has 3 N–H and O–H groups in total. The number of hydrogen-bond acceptors (Lipinski definition) is 3. The van der Waals surface area contributed by atoms with Gasteiger partial charge < -0.3 is 15.8 Å². The Bertz CT molecular complexity index is 269. The maximum absolute atomic E-state index is 12.9. The van der Waals surface area contributed by atoms with Crippen LogP contribution >= 0.6 is 0 Å². The van der Waals surface area contributed by atoms with Gasteiger partial charge >= 0.3 is 0 Å². The van der Waals surface area contributed by atoms with Gasteiger partial charge in [-0.3, -0.25) is 4.79 Å². The Morgan fingerprint density at radius 2 is 2.11 bits per heavy atom. The summed E-state index contributed by atoms with van der Waals surface area (Å²) in [7, 11) is 0. The van der Waals surface area contributed by atoms with Crippen LogP contribution in [0.1, 0.15) is 39.0 Å². The quantitative estimate of drug-likeness (QED) is 0.731. The highest BCUT2D eigenvalue weighted by atomic mass is 19.3. The number of carbonyl (C=O) groups is 1. The lowest BCUT2D eigenvalue weighted by Crippen LogP contribution is -2.46. The zero-order valence-electron chi connectivity index (χ0n) is 10.8. The Labute approximate surface area is 106 Å². The number of alkyl halides is 2. The summed E-state index contributed by atoms with van der Waals surface area (Å²) in [5.41, 5.74) is 4.90. The number of nitrogens with one attached hydrogen (secondary N) is 1. The van der Waals surface area contributed by atoms with Gasteiger partial charge in [-0.1, -0.05) is 19.8 Å². The first-order valence-corrected chi connectivity index (χ1v) is 6.49. The van der Waals surface area contributed by atoms with Crippen molar-refractivity contribution in [3.63, 3.8) is 0 Å². The van der Waals surface area contributed by atoms with E-state index in [0.29, 0.717) is 6.42 Å². The van der Waals surface area contributed by atoms with Crippen LogP contribution in [0.15, 0.2) is 0 Å². The Kier molecular flexibility index (Phi) is 5.95. The van der Waals surface area contributed by atoms with E-state index in [9.17, 15) is 13.6 Å². The molecule has 1 rings (SSSR count). The van der Waals surface area contributed by atoms with Gasteiger partial charge in [0.15, 0.2) is 0 Å². The average Bonchev–Trinajstić information content (AvgIpc) is 2.86. The number of halogens is 2. The van der Waals surface area contributed by atoms with E-state index < -0.39 is 31.0 Å². The summed E-state index contributed by atoms with van der Waals surface area (Å²) in [6.45, 7) is 0.306. The molecule has 0 radical (unpaired) electrons. The van der Waals surface area contributed by atoms with E-state index >= 15 is 0 Å². The lowest BCUT2D eigenvalue weighted by molar-refractivity contribution is -0.138. The second-order valence-corrected chi connectivity index (χ2v) is 4.72. The molecule has 1 fully saturated rings. The van der Waals surface area contributed by atoms with Gasteiger partial charge in [-0.05, 0) is 19.3 Å². The van der Waals surface area contributed by atoms with E-state index in [1.165, 1.54) is 0 Å². The highest BCUT2D eigenvalue weighted by molar-refractivity contribution is 5.80. The third kappa shape index (κ3) is 4.86. The molecule has 1 aliphatic carbocycles. The van der Waals surface area contributed by atoms with Crippen molar-refractivity contribution in [2.45, 2.75) is 57.2 Å². The Morgan fingerprint density at radius 3 is 2.61 bits per heavy atom. The first kappa shape index (κ1) is 15.3. The van der Waals surface area contributed by atoms with Gasteiger partial charge in [0.25, 0.3) is 5.92 Å². The van der Waals surface area contributed by atoms with E-state index in [0.717, 1.165) is 25.7 Å². The minimum Gasteiger partial charge on any atom is -0.365 e. The predicted octanol–water partition coefficient (Wildman–Crippen LogP) is 1.43. The number of amides is 1. The van der Waals surface area contributed by atoms with Gasteiger partial charge in [-0.25, -0.2) is 8.78 Å². The molecular formula is C12H22F2N2O2. The first-order valence-electron chi connectivity index (χ1n) is 6.49. The third-order valence-corrected chi connectivity index (χ3v) is 3.14. The number of carbonyl (C=O) groups excluding carboxylic acids is 1. The molecule has 1 aliphatic rings. The summed E-state index contributed by atoms with van der Waals surface area (Å²) < 4.78 is 31.4. The van der Waals surface area contributed by atoms with Crippen molar-refractivity contribution in [1.29, 1.82) is 0 Å². The Balaban J connectivity index is 2.36. The molecule has 1 saturated carbocycles. The number of ether oxygens (including phenoxy) is 1. The molecule has 0 saturated heterocycles. The molecular weight excluding hydrogens is 242 g/mol. The monoisotopic (exact) mass is 264 g/mol. The predicted molar refractivity (Wildman–Crippen MR) is 64.4 cm³/mol. The van der Waals surface area contributed by atoms with E-state index in [4.69, 9.17) is 10.5 Å². The Morgan fingerprint density at radius 1 is 1.50 bits per heavy atom. The molecule has 0 bridgehead atoms. The van der Waals surface area contributed by atoms with Gasteiger partial charge in [0, 0.05) is 0 Å². The van der Waals surface area contributed by atoms with Crippen molar-refractivity contribution < 1.29 is 18.3 Å². The molecule has 18 heavy (non-hydrogen) atoms. The number of hydrogen-bond donors (Lipinski definition) is 2. The minimum atomic E-state index is -3.05. The van der Waals surface area contributed by atoms with E-state index in [1.807, 2.05) is 0 Å². The fraction of sp³-hybridized carbons (Fsp3) is 0.917. The van der Waals surface area contributed by atoms with E-state index in [-0.39, 0.29) is 6.10 Å². The van der Waals surface area contributed by atoms with Crippen LogP contribution in [0.2, 0.25) is 0 Å². The fourth-order valence-electron chi connectivity index (χ4n) is 2.00. The molecule has 4 nitrogen and oxygen atoms in total. The van der Waals surface area contributed by atoms with Crippen molar-refractivity contribution >= 4 is 5.91 Å². The smallest absolute Gasteiger partial charge is 0.277 e. The van der Waals surface area contributed by atoms with Gasteiger partial charge in [-0.15, -0.1) is 0 Å². The minimum absolute atomic E-state index is 0.0933. The van der Waals surface area contributed by atoms with E-state index in [1.54, 1.807) is 6.92 Å². The lowest BCUT2D eigenvalue weighted by Gasteiger charge is -2.22. The molecule has 0 aromatic heterocycles. The van der Waals surface area contributed by atoms with Crippen molar-refractivity contribution in [1.82, 2.24) is 5.32 Å². The number of rotatable bonds is 7. The second-order valence-electron chi connectivity index (χ2n) is 4.72. The van der Waals surface area contributed by atoms with Gasteiger partial charge in [0.2, 0.25) is 5.91 Å². The van der Waals surface area contributed by atoms with Crippen molar-refractivity contribution in [3.05, 3.63) is 0 Å². The van der Waals surface area contributed by atoms with Crippen LogP contribution in [0, 0.1) is 0 Å². The highest BCUT2D eigenvalue weighted by Crippen LogP contribution is 2.23. The molecule has 1 unspecified atom stereocenters.